The quantitative estimate of drug-likeness (QED) is 0.760. The van der Waals surface area contributed by atoms with E-state index in [1.807, 2.05) is 13.8 Å². The lowest BCUT2D eigenvalue weighted by atomic mass is 10.1. The first-order chi connectivity index (χ1) is 7.50. The molecule has 0 aromatic carbocycles. The van der Waals surface area contributed by atoms with Crippen molar-refractivity contribution in [3.05, 3.63) is 0 Å². The molecular formula is C12H26N2O2. The molecule has 0 spiro atoms. The van der Waals surface area contributed by atoms with Gasteiger partial charge in [-0.05, 0) is 27.7 Å². The van der Waals surface area contributed by atoms with Crippen LogP contribution in [0.5, 0.6) is 0 Å². The third kappa shape index (κ3) is 4.37. The molecule has 4 nitrogen and oxygen atoms in total. The lowest BCUT2D eigenvalue weighted by Gasteiger charge is -2.37. The van der Waals surface area contributed by atoms with Crippen molar-refractivity contribution in [2.75, 3.05) is 26.3 Å². The first-order valence-corrected chi connectivity index (χ1v) is 6.23. The predicted octanol–water partition coefficient (Wildman–Crippen LogP) is 0.848. The van der Waals surface area contributed by atoms with Gasteiger partial charge in [0.25, 0.3) is 0 Å². The summed E-state index contributed by atoms with van der Waals surface area (Å²) in [6, 6.07) is 0.536. The van der Waals surface area contributed by atoms with Crippen LogP contribution in [-0.2, 0) is 9.47 Å². The Kier molecular flexibility index (Phi) is 5.69. The Hall–Kier alpha value is -0.160. The second-order valence-electron chi connectivity index (χ2n) is 5.04. The molecule has 1 heterocycles. The van der Waals surface area contributed by atoms with E-state index in [0.717, 1.165) is 19.7 Å². The Bertz CT molecular complexity index is 197. The standard InChI is InChI=1S/C12H26N2O2/c1-9(2)14-5-6-15-12(7-14)11(13)8-16-10(3)4/h9-12H,5-8,13H2,1-4H3. The zero-order valence-electron chi connectivity index (χ0n) is 11.0. The van der Waals surface area contributed by atoms with Crippen molar-refractivity contribution in [1.29, 1.82) is 0 Å². The van der Waals surface area contributed by atoms with Crippen LogP contribution in [0.25, 0.3) is 0 Å². The SMILES string of the molecule is CC(C)OCC(N)C1CN(C(C)C)CCO1. The highest BCUT2D eigenvalue weighted by atomic mass is 16.5. The van der Waals surface area contributed by atoms with Gasteiger partial charge in [-0.3, -0.25) is 4.90 Å². The Morgan fingerprint density at radius 1 is 1.38 bits per heavy atom. The fourth-order valence-corrected chi connectivity index (χ4v) is 1.84. The lowest BCUT2D eigenvalue weighted by molar-refractivity contribution is -0.0663. The maximum atomic E-state index is 6.08. The number of nitrogens with zero attached hydrogens (tertiary/aromatic N) is 1. The summed E-state index contributed by atoms with van der Waals surface area (Å²) in [4.78, 5) is 2.41. The number of hydrogen-bond acceptors (Lipinski definition) is 4. The van der Waals surface area contributed by atoms with E-state index in [-0.39, 0.29) is 18.2 Å². The van der Waals surface area contributed by atoms with Crippen LogP contribution in [0, 0.1) is 0 Å². The summed E-state index contributed by atoms with van der Waals surface area (Å²) in [5, 5.41) is 0. The van der Waals surface area contributed by atoms with Gasteiger partial charge in [0, 0.05) is 19.1 Å². The number of morpholine rings is 1. The molecule has 1 saturated heterocycles. The molecule has 0 saturated carbocycles. The molecule has 1 rings (SSSR count). The molecule has 1 fully saturated rings. The molecule has 0 bridgehead atoms. The van der Waals surface area contributed by atoms with E-state index in [2.05, 4.69) is 18.7 Å². The van der Waals surface area contributed by atoms with Crippen LogP contribution < -0.4 is 5.73 Å². The fraction of sp³-hybridized carbons (Fsp3) is 1.00. The topological polar surface area (TPSA) is 47.7 Å². The molecule has 2 N–H and O–H groups in total. The smallest absolute Gasteiger partial charge is 0.0875 e. The molecule has 0 aliphatic carbocycles. The number of rotatable bonds is 5. The molecule has 0 radical (unpaired) electrons. The van der Waals surface area contributed by atoms with E-state index in [0.29, 0.717) is 12.6 Å². The summed E-state index contributed by atoms with van der Waals surface area (Å²) in [6.45, 7) is 11.7. The fourth-order valence-electron chi connectivity index (χ4n) is 1.84. The summed E-state index contributed by atoms with van der Waals surface area (Å²) < 4.78 is 11.2. The Labute approximate surface area is 99.1 Å². The Balaban J connectivity index is 2.34. The van der Waals surface area contributed by atoms with E-state index in [9.17, 15) is 0 Å². The number of ether oxygens (including phenoxy) is 2. The van der Waals surface area contributed by atoms with E-state index in [1.165, 1.54) is 0 Å². The molecular weight excluding hydrogens is 204 g/mol. The highest BCUT2D eigenvalue weighted by molar-refractivity contribution is 4.81. The van der Waals surface area contributed by atoms with Gasteiger partial charge >= 0.3 is 0 Å². The minimum absolute atomic E-state index is 0.0241. The van der Waals surface area contributed by atoms with E-state index < -0.39 is 0 Å². The average molecular weight is 230 g/mol. The molecule has 1 aliphatic rings. The van der Waals surface area contributed by atoms with Crippen molar-refractivity contribution in [2.45, 2.75) is 52.0 Å². The molecule has 0 amide bonds. The van der Waals surface area contributed by atoms with Crippen LogP contribution in [0.2, 0.25) is 0 Å². The van der Waals surface area contributed by atoms with Crippen molar-refractivity contribution >= 4 is 0 Å². The van der Waals surface area contributed by atoms with Gasteiger partial charge in [-0.1, -0.05) is 0 Å². The second-order valence-corrected chi connectivity index (χ2v) is 5.04. The summed E-state index contributed by atoms with van der Waals surface area (Å²) in [5.41, 5.74) is 6.08. The molecule has 1 aliphatic heterocycles. The van der Waals surface area contributed by atoms with E-state index >= 15 is 0 Å². The van der Waals surface area contributed by atoms with Gasteiger partial charge < -0.3 is 15.2 Å². The van der Waals surface area contributed by atoms with Crippen LogP contribution in [0.3, 0.4) is 0 Å². The molecule has 0 aromatic rings. The van der Waals surface area contributed by atoms with Gasteiger partial charge in [0.05, 0.1) is 31.5 Å². The maximum Gasteiger partial charge on any atom is 0.0875 e. The van der Waals surface area contributed by atoms with Crippen LogP contribution in [0.1, 0.15) is 27.7 Å². The molecule has 2 unspecified atom stereocenters. The van der Waals surface area contributed by atoms with Crippen molar-refractivity contribution in [2.24, 2.45) is 5.73 Å². The summed E-state index contributed by atoms with van der Waals surface area (Å²) >= 11 is 0. The van der Waals surface area contributed by atoms with Crippen molar-refractivity contribution in [1.82, 2.24) is 4.90 Å². The van der Waals surface area contributed by atoms with Crippen LogP contribution in [0.15, 0.2) is 0 Å². The highest BCUT2D eigenvalue weighted by Gasteiger charge is 2.27. The van der Waals surface area contributed by atoms with Gasteiger partial charge in [0.15, 0.2) is 0 Å². The first-order valence-electron chi connectivity index (χ1n) is 6.23. The maximum absolute atomic E-state index is 6.08. The van der Waals surface area contributed by atoms with Gasteiger partial charge in [-0.25, -0.2) is 0 Å². The predicted molar refractivity (Wildman–Crippen MR) is 65.5 cm³/mol. The zero-order valence-corrected chi connectivity index (χ0v) is 11.0. The van der Waals surface area contributed by atoms with E-state index in [4.69, 9.17) is 15.2 Å². The largest absolute Gasteiger partial charge is 0.377 e. The second kappa shape index (κ2) is 6.55. The monoisotopic (exact) mass is 230 g/mol. The lowest BCUT2D eigenvalue weighted by Crippen LogP contribution is -2.53. The first kappa shape index (κ1) is 13.9. The van der Waals surface area contributed by atoms with Crippen LogP contribution in [0.4, 0.5) is 0 Å². The number of nitrogens with two attached hydrogens (primary N) is 1. The van der Waals surface area contributed by atoms with Gasteiger partial charge in [0.1, 0.15) is 0 Å². The third-order valence-corrected chi connectivity index (χ3v) is 2.95. The summed E-state index contributed by atoms with van der Waals surface area (Å²) in [7, 11) is 0. The molecule has 4 heteroatoms. The number of hydrogen-bond donors (Lipinski definition) is 1. The highest BCUT2D eigenvalue weighted by Crippen LogP contribution is 2.11. The molecule has 16 heavy (non-hydrogen) atoms. The minimum atomic E-state index is -0.0241. The minimum Gasteiger partial charge on any atom is -0.377 e. The van der Waals surface area contributed by atoms with Gasteiger partial charge in [-0.15, -0.1) is 0 Å². The van der Waals surface area contributed by atoms with Gasteiger partial charge in [-0.2, -0.15) is 0 Å². The van der Waals surface area contributed by atoms with E-state index in [1.54, 1.807) is 0 Å². The molecule has 96 valence electrons. The summed E-state index contributed by atoms with van der Waals surface area (Å²) in [5.74, 6) is 0. The normalized spacial score (nSPS) is 25.3. The molecule has 2 atom stereocenters. The van der Waals surface area contributed by atoms with Crippen molar-refractivity contribution < 1.29 is 9.47 Å². The van der Waals surface area contributed by atoms with Crippen molar-refractivity contribution in [3.63, 3.8) is 0 Å². The van der Waals surface area contributed by atoms with Crippen molar-refractivity contribution in [3.8, 4) is 0 Å². The Morgan fingerprint density at radius 2 is 2.06 bits per heavy atom. The van der Waals surface area contributed by atoms with Crippen LogP contribution in [-0.4, -0.2) is 55.5 Å². The van der Waals surface area contributed by atoms with Crippen LogP contribution >= 0.6 is 0 Å². The average Bonchev–Trinajstić information content (AvgIpc) is 2.26. The summed E-state index contributed by atoms with van der Waals surface area (Å²) in [6.07, 6.45) is 0.339. The zero-order chi connectivity index (χ0) is 12.1. The molecule has 0 aromatic heterocycles. The Morgan fingerprint density at radius 3 is 2.62 bits per heavy atom. The van der Waals surface area contributed by atoms with Gasteiger partial charge in [0.2, 0.25) is 0 Å². The third-order valence-electron chi connectivity index (χ3n) is 2.95.